The van der Waals surface area contributed by atoms with Crippen molar-refractivity contribution in [2.75, 3.05) is 0 Å². The van der Waals surface area contributed by atoms with Gasteiger partial charge in [-0.15, -0.1) is 0 Å². The molecule has 2 bridgehead atoms. The molecule has 0 amide bonds. The Morgan fingerprint density at radius 1 is 0.879 bits per heavy atom. The van der Waals surface area contributed by atoms with Crippen molar-refractivity contribution in [1.29, 1.82) is 0 Å². The summed E-state index contributed by atoms with van der Waals surface area (Å²) in [5.74, 6) is 0.615. The molecule has 2 nitrogen and oxygen atoms in total. The molecule has 3 aliphatic rings. The van der Waals surface area contributed by atoms with Gasteiger partial charge in [-0.3, -0.25) is 4.90 Å². The second-order valence-corrected chi connectivity index (χ2v) is 10.7. The normalized spacial score (nSPS) is 29.7. The van der Waals surface area contributed by atoms with E-state index in [4.69, 9.17) is 4.74 Å². The maximum Gasteiger partial charge on any atom is 0.420 e. The third kappa shape index (κ3) is 4.62. The highest BCUT2D eigenvalue weighted by molar-refractivity contribution is 5.89. The maximum absolute atomic E-state index is 14.2. The van der Waals surface area contributed by atoms with Crippen LogP contribution in [0, 0.1) is 5.92 Å². The number of ether oxygens (including phenoxy) is 1. The zero-order valence-electron chi connectivity index (χ0n) is 19.8. The minimum Gasteiger partial charge on any atom is -0.490 e. The SMILES string of the molecule is CC(c1ccc2c(C(F)(F)F)c(O[C@H]3CC[C@@H](C)CC3)ccc2c1)N1C2CCCC1CCC2. The maximum atomic E-state index is 14.2. The van der Waals surface area contributed by atoms with E-state index in [0.29, 0.717) is 23.4 Å². The highest BCUT2D eigenvalue weighted by Gasteiger charge is 2.39. The van der Waals surface area contributed by atoms with Gasteiger partial charge in [0, 0.05) is 18.1 Å². The predicted molar refractivity (Wildman–Crippen MR) is 127 cm³/mol. The minimum absolute atomic E-state index is 0.0130. The van der Waals surface area contributed by atoms with E-state index in [1.54, 1.807) is 12.1 Å². The van der Waals surface area contributed by atoms with Gasteiger partial charge in [0.2, 0.25) is 0 Å². The molecule has 3 fully saturated rings. The van der Waals surface area contributed by atoms with Crippen LogP contribution in [0.1, 0.15) is 95.2 Å². The molecule has 5 rings (SSSR count). The summed E-state index contributed by atoms with van der Waals surface area (Å²) in [6.45, 7) is 4.42. The zero-order valence-corrected chi connectivity index (χ0v) is 19.8. The molecule has 2 saturated heterocycles. The van der Waals surface area contributed by atoms with Crippen LogP contribution in [0.4, 0.5) is 13.2 Å². The highest BCUT2D eigenvalue weighted by Crippen LogP contribution is 2.44. The van der Waals surface area contributed by atoms with Crippen molar-refractivity contribution in [3.8, 4) is 5.75 Å². The molecular formula is C28H36F3NO. The van der Waals surface area contributed by atoms with Crippen LogP contribution in [0.3, 0.4) is 0 Å². The van der Waals surface area contributed by atoms with E-state index in [-0.39, 0.29) is 23.3 Å². The number of hydrogen-bond acceptors (Lipinski definition) is 2. The quantitative estimate of drug-likeness (QED) is 0.456. The molecule has 0 aromatic heterocycles. The Morgan fingerprint density at radius 2 is 1.52 bits per heavy atom. The molecule has 0 N–H and O–H groups in total. The van der Waals surface area contributed by atoms with Gasteiger partial charge in [-0.05, 0) is 92.7 Å². The molecule has 2 heterocycles. The van der Waals surface area contributed by atoms with E-state index in [1.807, 2.05) is 18.2 Å². The van der Waals surface area contributed by atoms with Crippen molar-refractivity contribution in [1.82, 2.24) is 4.90 Å². The summed E-state index contributed by atoms with van der Waals surface area (Å²) in [7, 11) is 0. The van der Waals surface area contributed by atoms with Crippen molar-refractivity contribution in [2.45, 2.75) is 108 Å². The Bertz CT molecular complexity index is 957. The highest BCUT2D eigenvalue weighted by atomic mass is 19.4. The second-order valence-electron chi connectivity index (χ2n) is 10.7. The van der Waals surface area contributed by atoms with Gasteiger partial charge in [0.1, 0.15) is 11.3 Å². The van der Waals surface area contributed by atoms with Crippen LogP contribution in [0.5, 0.6) is 5.75 Å². The van der Waals surface area contributed by atoms with Crippen LogP contribution in [0.25, 0.3) is 10.8 Å². The summed E-state index contributed by atoms with van der Waals surface area (Å²) in [5.41, 5.74) is 0.497. The van der Waals surface area contributed by atoms with E-state index in [2.05, 4.69) is 18.7 Å². The van der Waals surface area contributed by atoms with Crippen molar-refractivity contribution in [2.24, 2.45) is 5.92 Å². The zero-order chi connectivity index (χ0) is 23.2. The summed E-state index contributed by atoms with van der Waals surface area (Å²) >= 11 is 0. The summed E-state index contributed by atoms with van der Waals surface area (Å²) < 4.78 is 48.6. The van der Waals surface area contributed by atoms with Gasteiger partial charge < -0.3 is 4.74 Å². The number of fused-ring (bicyclic) bond motifs is 3. The summed E-state index contributed by atoms with van der Waals surface area (Å²) in [6, 6.07) is 10.4. The van der Waals surface area contributed by atoms with Crippen molar-refractivity contribution < 1.29 is 17.9 Å². The molecule has 2 aliphatic heterocycles. The van der Waals surface area contributed by atoms with Gasteiger partial charge in [-0.1, -0.05) is 38.0 Å². The van der Waals surface area contributed by atoms with Gasteiger partial charge in [0.25, 0.3) is 0 Å². The molecule has 0 radical (unpaired) electrons. The van der Waals surface area contributed by atoms with Crippen LogP contribution >= 0.6 is 0 Å². The fraction of sp³-hybridized carbons (Fsp3) is 0.643. The lowest BCUT2D eigenvalue weighted by atomic mass is 9.82. The van der Waals surface area contributed by atoms with Gasteiger partial charge in [-0.2, -0.15) is 13.2 Å². The second kappa shape index (κ2) is 9.13. The van der Waals surface area contributed by atoms with E-state index in [1.165, 1.54) is 38.5 Å². The van der Waals surface area contributed by atoms with E-state index >= 15 is 0 Å². The molecule has 1 aliphatic carbocycles. The molecule has 1 unspecified atom stereocenters. The number of piperidine rings is 2. The van der Waals surface area contributed by atoms with Crippen LogP contribution in [0.15, 0.2) is 30.3 Å². The Kier molecular flexibility index (Phi) is 6.37. The lowest BCUT2D eigenvalue weighted by molar-refractivity contribution is -0.138. The third-order valence-corrected chi connectivity index (χ3v) is 8.47. The first-order valence-electron chi connectivity index (χ1n) is 12.9. The van der Waals surface area contributed by atoms with Gasteiger partial charge in [0.05, 0.1) is 6.10 Å². The number of nitrogens with zero attached hydrogens (tertiary/aromatic N) is 1. The van der Waals surface area contributed by atoms with Crippen LogP contribution in [-0.4, -0.2) is 23.1 Å². The largest absolute Gasteiger partial charge is 0.490 e. The minimum atomic E-state index is -4.45. The first kappa shape index (κ1) is 23.0. The van der Waals surface area contributed by atoms with Crippen LogP contribution in [-0.2, 0) is 6.18 Å². The molecule has 5 heteroatoms. The topological polar surface area (TPSA) is 12.5 Å². The number of hydrogen-bond donors (Lipinski definition) is 0. The fourth-order valence-electron chi connectivity index (χ4n) is 6.67. The third-order valence-electron chi connectivity index (χ3n) is 8.47. The first-order valence-corrected chi connectivity index (χ1v) is 12.9. The van der Waals surface area contributed by atoms with Crippen molar-refractivity contribution >= 4 is 10.8 Å². The van der Waals surface area contributed by atoms with Crippen LogP contribution in [0.2, 0.25) is 0 Å². The number of rotatable bonds is 4. The fourth-order valence-corrected chi connectivity index (χ4v) is 6.67. The molecule has 2 aromatic rings. The standard InChI is InChI=1S/C28H36F3NO/c1-18-9-13-24(14-10-18)33-26-16-12-21-17-20(11-15-25(21)27(26)28(29,30)31)19(2)32-22-5-3-6-23(32)8-4-7-22/h11-12,15-19,22-24H,3-10,13-14H2,1-2H3/t18-,19?,22?,23?,24+. The van der Waals surface area contributed by atoms with Gasteiger partial charge in [0.15, 0.2) is 0 Å². The first-order chi connectivity index (χ1) is 15.8. The lowest BCUT2D eigenvalue weighted by Gasteiger charge is -2.49. The average molecular weight is 460 g/mol. The van der Waals surface area contributed by atoms with E-state index in [9.17, 15) is 13.2 Å². The molecule has 1 atom stereocenters. The molecule has 180 valence electrons. The summed E-state index contributed by atoms with van der Waals surface area (Å²) in [4.78, 5) is 2.65. The van der Waals surface area contributed by atoms with E-state index < -0.39 is 11.7 Å². The monoisotopic (exact) mass is 459 g/mol. The smallest absolute Gasteiger partial charge is 0.420 e. The van der Waals surface area contributed by atoms with Gasteiger partial charge >= 0.3 is 6.18 Å². The Balaban J connectivity index is 1.46. The molecule has 1 saturated carbocycles. The summed E-state index contributed by atoms with van der Waals surface area (Å²) in [5, 5.41) is 0.900. The molecule has 33 heavy (non-hydrogen) atoms. The molecular weight excluding hydrogens is 423 g/mol. The number of halogens is 3. The molecule has 0 spiro atoms. The van der Waals surface area contributed by atoms with E-state index in [0.717, 1.165) is 31.2 Å². The van der Waals surface area contributed by atoms with Crippen molar-refractivity contribution in [3.63, 3.8) is 0 Å². The lowest BCUT2D eigenvalue weighted by Crippen LogP contribution is -2.50. The summed E-state index contributed by atoms with van der Waals surface area (Å²) in [6.07, 6.45) is 6.67. The number of alkyl halides is 3. The Labute approximate surface area is 195 Å². The Morgan fingerprint density at radius 3 is 2.12 bits per heavy atom. The average Bonchev–Trinajstić information content (AvgIpc) is 2.78. The van der Waals surface area contributed by atoms with Gasteiger partial charge in [-0.25, -0.2) is 0 Å². The van der Waals surface area contributed by atoms with Crippen LogP contribution < -0.4 is 4.74 Å². The Hall–Kier alpha value is -1.75. The number of benzene rings is 2. The molecule has 2 aromatic carbocycles. The van der Waals surface area contributed by atoms with Crippen molar-refractivity contribution in [3.05, 3.63) is 41.5 Å². The predicted octanol–water partition coefficient (Wildman–Crippen LogP) is 8.28.